The van der Waals surface area contributed by atoms with E-state index >= 15 is 0 Å². The van der Waals surface area contributed by atoms with Crippen LogP contribution in [0.3, 0.4) is 0 Å². The van der Waals surface area contributed by atoms with Gasteiger partial charge in [0.05, 0.1) is 10.0 Å². The summed E-state index contributed by atoms with van der Waals surface area (Å²) in [5.41, 5.74) is -0.606. The molecule has 0 aliphatic heterocycles. The standard InChI is InChI=1S/C11H5Br2ClF7NO.C11H6BrClF7NO/c12-3-4-1-5(13)6(14)2-7(4)22-8(23)9(15,16)10(17,18)11(19,20)21;1-4-2-5(12)6(13)3-7(4)21-8(22)9(14,15)10(16,17)11(18,19)20/h1-2H,3H2,(H,22,23);2-3H,1H3,(H,21,22). The van der Waals surface area contributed by atoms with E-state index in [2.05, 4.69) is 47.8 Å². The number of halogens is 19. The molecule has 4 nitrogen and oxygen atoms in total. The first-order chi connectivity index (χ1) is 20.0. The first-order valence-electron chi connectivity index (χ1n) is 10.7. The van der Waals surface area contributed by atoms with Gasteiger partial charge in [-0.15, -0.1) is 0 Å². The van der Waals surface area contributed by atoms with Gasteiger partial charge in [0.1, 0.15) is 0 Å². The SMILES string of the molecule is Cc1cc(Br)c(Cl)cc1NC(=O)C(F)(F)C(F)(F)C(F)(F)F.O=C(Nc1cc(Cl)c(Br)cc1CBr)C(F)(F)C(F)(F)C(F)(F)F. The van der Waals surface area contributed by atoms with Gasteiger partial charge in [-0.3, -0.25) is 9.59 Å². The van der Waals surface area contributed by atoms with Crippen molar-refractivity contribution >= 4 is 94.2 Å². The summed E-state index contributed by atoms with van der Waals surface area (Å²) in [6.07, 6.45) is -13.2. The molecule has 0 saturated carbocycles. The number of carbonyl (C=O) groups is 2. The number of nitrogens with one attached hydrogen (secondary N) is 2. The van der Waals surface area contributed by atoms with Gasteiger partial charge >= 0.3 is 47.9 Å². The minimum absolute atomic E-state index is 0.0143. The second-order valence-electron chi connectivity index (χ2n) is 8.34. The van der Waals surface area contributed by atoms with Gasteiger partial charge in [-0.2, -0.15) is 61.5 Å². The maximum absolute atomic E-state index is 13.3. The van der Waals surface area contributed by atoms with Gasteiger partial charge in [0.15, 0.2) is 0 Å². The quantitative estimate of drug-likeness (QED) is 0.215. The van der Waals surface area contributed by atoms with E-state index in [0.29, 0.717) is 8.95 Å². The first kappa shape index (κ1) is 41.4. The van der Waals surface area contributed by atoms with Gasteiger partial charge < -0.3 is 10.6 Å². The summed E-state index contributed by atoms with van der Waals surface area (Å²) in [7, 11) is 0. The van der Waals surface area contributed by atoms with Gasteiger partial charge in [0, 0.05) is 25.7 Å². The number of carbonyl (C=O) groups excluding carboxylic acids is 2. The molecule has 2 aromatic carbocycles. The van der Waals surface area contributed by atoms with Crippen LogP contribution in [0.1, 0.15) is 11.1 Å². The zero-order valence-electron chi connectivity index (χ0n) is 21.0. The fourth-order valence-electron chi connectivity index (χ4n) is 2.64. The molecule has 0 radical (unpaired) electrons. The van der Waals surface area contributed by atoms with Crippen molar-refractivity contribution in [2.45, 2.75) is 48.3 Å². The molecule has 0 aliphatic carbocycles. The molecular formula is C22H11Br3Cl2F14N2O2. The summed E-state index contributed by atoms with van der Waals surface area (Å²) >= 11 is 20.2. The van der Waals surface area contributed by atoms with Crippen LogP contribution >= 0.6 is 71.0 Å². The van der Waals surface area contributed by atoms with E-state index in [1.54, 1.807) is 0 Å². The number of alkyl halides is 15. The molecule has 2 amide bonds. The van der Waals surface area contributed by atoms with Crippen LogP contribution in [0.15, 0.2) is 33.2 Å². The predicted octanol–water partition coefficient (Wildman–Crippen LogP) is 11.0. The van der Waals surface area contributed by atoms with E-state index in [9.17, 15) is 71.1 Å². The van der Waals surface area contributed by atoms with E-state index in [1.807, 2.05) is 0 Å². The van der Waals surface area contributed by atoms with Crippen molar-refractivity contribution in [3.8, 4) is 0 Å². The molecule has 0 heterocycles. The van der Waals surface area contributed by atoms with Crippen LogP contribution in [-0.4, -0.2) is 47.9 Å². The molecule has 2 rings (SSSR count). The Kier molecular flexibility index (Phi) is 13.1. The Morgan fingerprint density at radius 3 is 1.33 bits per heavy atom. The lowest BCUT2D eigenvalue weighted by molar-refractivity contribution is -0.343. The average molecular weight is 912 g/mol. The topological polar surface area (TPSA) is 58.2 Å². The van der Waals surface area contributed by atoms with Crippen molar-refractivity contribution in [3.05, 3.63) is 54.4 Å². The minimum atomic E-state index is -6.59. The minimum Gasteiger partial charge on any atom is -0.320 e. The van der Waals surface area contributed by atoms with Gasteiger partial charge in [-0.1, -0.05) is 39.1 Å². The summed E-state index contributed by atoms with van der Waals surface area (Å²) in [6, 6.07) is 4.40. The smallest absolute Gasteiger partial charge is 0.320 e. The Balaban J connectivity index is 0.000000450. The summed E-state index contributed by atoms with van der Waals surface area (Å²) in [4.78, 5) is 22.5. The van der Waals surface area contributed by atoms with Crippen molar-refractivity contribution in [2.75, 3.05) is 10.6 Å². The predicted molar refractivity (Wildman–Crippen MR) is 145 cm³/mol. The number of hydrogen-bond acceptors (Lipinski definition) is 2. The van der Waals surface area contributed by atoms with Crippen molar-refractivity contribution in [1.29, 1.82) is 0 Å². The van der Waals surface area contributed by atoms with Crippen LogP contribution in [0.5, 0.6) is 0 Å². The molecule has 0 unspecified atom stereocenters. The summed E-state index contributed by atoms with van der Waals surface area (Å²) in [6.45, 7) is 1.30. The molecule has 0 saturated heterocycles. The summed E-state index contributed by atoms with van der Waals surface area (Å²) < 4.78 is 177. The fourth-order valence-corrected chi connectivity index (χ4v) is 4.28. The molecule has 0 atom stereocenters. The van der Waals surface area contributed by atoms with Crippen LogP contribution in [0, 0.1) is 6.92 Å². The Hall–Kier alpha value is -1.58. The number of rotatable bonds is 7. The number of aryl methyl sites for hydroxylation is 1. The third-order valence-corrected chi connectivity index (χ3v) is 8.12. The maximum atomic E-state index is 13.3. The Morgan fingerprint density at radius 2 is 0.978 bits per heavy atom. The van der Waals surface area contributed by atoms with Crippen molar-refractivity contribution < 1.29 is 71.1 Å². The van der Waals surface area contributed by atoms with E-state index < -0.39 is 59.2 Å². The van der Waals surface area contributed by atoms with E-state index in [1.165, 1.54) is 29.7 Å². The molecule has 2 aromatic rings. The Bertz CT molecular complexity index is 1440. The number of hydrogen-bond donors (Lipinski definition) is 2. The normalized spacial score (nSPS) is 13.2. The lowest BCUT2D eigenvalue weighted by atomic mass is 10.1. The Morgan fingerprint density at radius 1 is 0.644 bits per heavy atom. The monoisotopic (exact) mass is 908 g/mol. The van der Waals surface area contributed by atoms with Crippen LogP contribution in [-0.2, 0) is 14.9 Å². The summed E-state index contributed by atoms with van der Waals surface area (Å²) in [5.74, 6) is -30.6. The van der Waals surface area contributed by atoms with Gasteiger partial charge in [0.25, 0.3) is 0 Å². The zero-order valence-corrected chi connectivity index (χ0v) is 27.3. The molecule has 0 spiro atoms. The van der Waals surface area contributed by atoms with E-state index in [0.717, 1.165) is 12.1 Å². The van der Waals surface area contributed by atoms with Crippen LogP contribution in [0.2, 0.25) is 10.0 Å². The molecule has 0 fully saturated rings. The van der Waals surface area contributed by atoms with Crippen molar-refractivity contribution in [2.24, 2.45) is 0 Å². The number of benzene rings is 2. The van der Waals surface area contributed by atoms with Gasteiger partial charge in [-0.05, 0) is 74.2 Å². The van der Waals surface area contributed by atoms with Gasteiger partial charge in [0.2, 0.25) is 0 Å². The molecule has 0 aliphatic rings. The number of amides is 2. The van der Waals surface area contributed by atoms with E-state index in [4.69, 9.17) is 23.2 Å². The molecule has 23 heteroatoms. The second-order valence-corrected chi connectivity index (χ2v) is 11.4. The second kappa shape index (κ2) is 14.3. The summed E-state index contributed by atoms with van der Waals surface area (Å²) in [5, 5.41) is 2.52. The molecule has 0 bridgehead atoms. The molecule has 0 aromatic heterocycles. The maximum Gasteiger partial charge on any atom is 0.460 e. The number of anilines is 2. The highest BCUT2D eigenvalue weighted by Crippen LogP contribution is 2.48. The third-order valence-electron chi connectivity index (χ3n) is 5.12. The van der Waals surface area contributed by atoms with Crippen LogP contribution in [0.4, 0.5) is 72.8 Å². The highest BCUT2D eigenvalue weighted by molar-refractivity contribution is 9.11. The molecular weight excluding hydrogens is 901 g/mol. The first-order valence-corrected chi connectivity index (χ1v) is 14.2. The molecule has 45 heavy (non-hydrogen) atoms. The molecule has 254 valence electrons. The van der Waals surface area contributed by atoms with Crippen molar-refractivity contribution in [3.63, 3.8) is 0 Å². The zero-order chi connectivity index (χ0) is 35.7. The van der Waals surface area contributed by atoms with Gasteiger partial charge in [-0.25, -0.2) is 0 Å². The fraction of sp³-hybridized carbons (Fsp3) is 0.364. The molecule has 2 N–H and O–H groups in total. The van der Waals surface area contributed by atoms with E-state index in [-0.39, 0.29) is 26.5 Å². The van der Waals surface area contributed by atoms with Crippen LogP contribution < -0.4 is 10.6 Å². The highest BCUT2D eigenvalue weighted by atomic mass is 79.9. The third kappa shape index (κ3) is 8.86. The average Bonchev–Trinajstić information content (AvgIpc) is 2.87. The van der Waals surface area contributed by atoms with Crippen LogP contribution in [0.25, 0.3) is 0 Å². The largest absolute Gasteiger partial charge is 0.460 e. The highest BCUT2D eigenvalue weighted by Gasteiger charge is 2.77. The van der Waals surface area contributed by atoms with Crippen molar-refractivity contribution in [1.82, 2.24) is 0 Å². The Labute approximate surface area is 277 Å². The lowest BCUT2D eigenvalue weighted by Crippen LogP contribution is -2.57. The lowest BCUT2D eigenvalue weighted by Gasteiger charge is -2.27.